The number of thiazole rings is 1. The number of carbonyl (C=O) groups is 2. The summed E-state index contributed by atoms with van der Waals surface area (Å²) < 4.78 is 5.43. The molecule has 0 unspecified atom stereocenters. The monoisotopic (exact) mass is 292 g/mol. The SMILES string of the molecule is CCOC(=O)c1nc(CNC=O)sc1Br. The van der Waals surface area contributed by atoms with E-state index in [0.29, 0.717) is 28.4 Å². The van der Waals surface area contributed by atoms with Gasteiger partial charge >= 0.3 is 5.97 Å². The summed E-state index contributed by atoms with van der Waals surface area (Å²) in [4.78, 5) is 25.5. The second-order valence-corrected chi connectivity index (χ2v) is 4.85. The first-order valence-corrected chi connectivity index (χ1v) is 5.79. The molecule has 0 aliphatic heterocycles. The van der Waals surface area contributed by atoms with Gasteiger partial charge in [0, 0.05) is 0 Å². The number of ether oxygens (including phenoxy) is 1. The highest BCUT2D eigenvalue weighted by Gasteiger charge is 2.17. The number of nitrogens with zero attached hydrogens (tertiary/aromatic N) is 1. The number of carbonyl (C=O) groups excluding carboxylic acids is 2. The Labute approximate surface area is 99.0 Å². The van der Waals surface area contributed by atoms with Crippen LogP contribution in [0.3, 0.4) is 0 Å². The highest BCUT2D eigenvalue weighted by Crippen LogP contribution is 2.25. The van der Waals surface area contributed by atoms with Crippen LogP contribution in [0.25, 0.3) is 0 Å². The standard InChI is InChI=1S/C8H9BrN2O3S/c1-2-14-8(13)6-7(9)15-5(11-6)3-10-4-12/h4H,2-3H2,1H3,(H,10,12). The Hall–Kier alpha value is -0.950. The van der Waals surface area contributed by atoms with Crippen molar-refractivity contribution >= 4 is 39.6 Å². The second-order valence-electron chi connectivity index (χ2n) is 2.45. The minimum Gasteiger partial charge on any atom is -0.461 e. The van der Waals surface area contributed by atoms with Gasteiger partial charge in [-0.05, 0) is 22.9 Å². The highest BCUT2D eigenvalue weighted by molar-refractivity contribution is 9.11. The molecule has 7 heteroatoms. The van der Waals surface area contributed by atoms with Gasteiger partial charge in [0.05, 0.1) is 13.2 Å². The molecule has 1 amide bonds. The fourth-order valence-electron chi connectivity index (χ4n) is 0.873. The van der Waals surface area contributed by atoms with Crippen LogP contribution in [0.1, 0.15) is 22.4 Å². The summed E-state index contributed by atoms with van der Waals surface area (Å²) in [5.41, 5.74) is 0.254. The fourth-order valence-corrected chi connectivity index (χ4v) is 2.41. The van der Waals surface area contributed by atoms with E-state index in [9.17, 15) is 9.59 Å². The Kier molecular flexibility index (Phi) is 4.70. The number of aromatic nitrogens is 1. The van der Waals surface area contributed by atoms with Gasteiger partial charge in [0.2, 0.25) is 6.41 Å². The number of halogens is 1. The quantitative estimate of drug-likeness (QED) is 0.657. The minimum absolute atomic E-state index is 0.254. The number of amides is 1. The van der Waals surface area contributed by atoms with Crippen LogP contribution in [0.15, 0.2) is 3.79 Å². The number of nitrogens with one attached hydrogen (secondary N) is 1. The highest BCUT2D eigenvalue weighted by atomic mass is 79.9. The lowest BCUT2D eigenvalue weighted by atomic mass is 10.5. The molecule has 0 saturated heterocycles. The van der Waals surface area contributed by atoms with Crippen LogP contribution in [0.5, 0.6) is 0 Å². The maximum Gasteiger partial charge on any atom is 0.359 e. The van der Waals surface area contributed by atoms with Crippen molar-refractivity contribution in [2.75, 3.05) is 6.61 Å². The van der Waals surface area contributed by atoms with Gasteiger partial charge in [-0.3, -0.25) is 4.79 Å². The molecule has 5 nitrogen and oxygen atoms in total. The Balaban J connectivity index is 2.76. The first-order chi connectivity index (χ1) is 7.19. The number of hydrogen-bond donors (Lipinski definition) is 1. The van der Waals surface area contributed by atoms with E-state index in [0.717, 1.165) is 0 Å². The largest absolute Gasteiger partial charge is 0.461 e. The van der Waals surface area contributed by atoms with Gasteiger partial charge in [-0.15, -0.1) is 11.3 Å². The van der Waals surface area contributed by atoms with Crippen LogP contribution in [0.4, 0.5) is 0 Å². The van der Waals surface area contributed by atoms with Crippen LogP contribution >= 0.6 is 27.3 Å². The molecule has 0 aromatic carbocycles. The normalized spacial score (nSPS) is 9.73. The zero-order valence-electron chi connectivity index (χ0n) is 7.95. The Bertz CT molecular complexity index is 367. The molecule has 1 aromatic rings. The molecule has 0 spiro atoms. The van der Waals surface area contributed by atoms with Gasteiger partial charge in [0.15, 0.2) is 5.69 Å². The molecule has 0 aliphatic rings. The second kappa shape index (κ2) is 5.82. The lowest BCUT2D eigenvalue weighted by Gasteiger charge is -1.97. The van der Waals surface area contributed by atoms with Crippen molar-refractivity contribution in [2.45, 2.75) is 13.5 Å². The summed E-state index contributed by atoms with van der Waals surface area (Å²) in [7, 11) is 0. The average molecular weight is 293 g/mol. The van der Waals surface area contributed by atoms with Gasteiger partial charge in [0.1, 0.15) is 8.79 Å². The first-order valence-electron chi connectivity index (χ1n) is 4.18. The van der Waals surface area contributed by atoms with Crippen LogP contribution < -0.4 is 5.32 Å². The van der Waals surface area contributed by atoms with Crippen LogP contribution in [-0.2, 0) is 16.1 Å². The van der Waals surface area contributed by atoms with Gasteiger partial charge in [-0.1, -0.05) is 0 Å². The molecular weight excluding hydrogens is 284 g/mol. The maximum absolute atomic E-state index is 11.4. The molecule has 0 atom stereocenters. The Morgan fingerprint density at radius 1 is 1.73 bits per heavy atom. The van der Waals surface area contributed by atoms with E-state index in [1.807, 2.05) is 0 Å². The molecule has 82 valence electrons. The Morgan fingerprint density at radius 2 is 2.47 bits per heavy atom. The molecule has 1 rings (SSSR count). The molecule has 0 radical (unpaired) electrons. The fraction of sp³-hybridized carbons (Fsp3) is 0.375. The molecule has 0 saturated carbocycles. The smallest absolute Gasteiger partial charge is 0.359 e. The number of rotatable bonds is 5. The van der Waals surface area contributed by atoms with E-state index in [1.54, 1.807) is 6.92 Å². The van der Waals surface area contributed by atoms with E-state index < -0.39 is 5.97 Å². The van der Waals surface area contributed by atoms with Crippen LogP contribution in [-0.4, -0.2) is 24.0 Å². The van der Waals surface area contributed by atoms with Crippen molar-refractivity contribution in [1.82, 2.24) is 10.3 Å². The molecule has 1 aromatic heterocycles. The summed E-state index contributed by atoms with van der Waals surface area (Å²) in [5.74, 6) is -0.460. The summed E-state index contributed by atoms with van der Waals surface area (Å²) in [6.07, 6.45) is 0.583. The molecule has 15 heavy (non-hydrogen) atoms. The third-order valence-corrected chi connectivity index (χ3v) is 3.14. The average Bonchev–Trinajstić information content (AvgIpc) is 2.57. The Morgan fingerprint density at radius 3 is 3.07 bits per heavy atom. The minimum atomic E-state index is -0.460. The lowest BCUT2D eigenvalue weighted by molar-refractivity contribution is -0.109. The van der Waals surface area contributed by atoms with E-state index in [-0.39, 0.29) is 5.69 Å². The van der Waals surface area contributed by atoms with Crippen molar-refractivity contribution < 1.29 is 14.3 Å². The summed E-state index contributed by atoms with van der Waals surface area (Å²) in [6, 6.07) is 0. The van der Waals surface area contributed by atoms with E-state index in [4.69, 9.17) is 4.74 Å². The van der Waals surface area contributed by atoms with Gasteiger partial charge in [-0.2, -0.15) is 0 Å². The van der Waals surface area contributed by atoms with Crippen LogP contribution in [0, 0.1) is 0 Å². The maximum atomic E-state index is 11.4. The third kappa shape index (κ3) is 3.28. The zero-order chi connectivity index (χ0) is 11.3. The van der Waals surface area contributed by atoms with Gasteiger partial charge < -0.3 is 10.1 Å². The predicted molar refractivity (Wildman–Crippen MR) is 58.7 cm³/mol. The predicted octanol–water partition coefficient (Wildman–Crippen LogP) is 1.33. The third-order valence-electron chi connectivity index (χ3n) is 1.44. The zero-order valence-corrected chi connectivity index (χ0v) is 10.4. The molecular formula is C8H9BrN2O3S. The lowest BCUT2D eigenvalue weighted by Crippen LogP contribution is -2.10. The summed E-state index contributed by atoms with van der Waals surface area (Å²) in [5, 5.41) is 3.12. The molecule has 0 fully saturated rings. The first kappa shape index (κ1) is 12.1. The van der Waals surface area contributed by atoms with Crippen molar-refractivity contribution in [3.63, 3.8) is 0 Å². The summed E-state index contributed by atoms with van der Waals surface area (Å²) in [6.45, 7) is 2.35. The van der Waals surface area contributed by atoms with Gasteiger partial charge in [-0.25, -0.2) is 9.78 Å². The van der Waals surface area contributed by atoms with Crippen molar-refractivity contribution in [2.24, 2.45) is 0 Å². The van der Waals surface area contributed by atoms with E-state index in [2.05, 4.69) is 26.2 Å². The van der Waals surface area contributed by atoms with Crippen molar-refractivity contribution in [3.05, 3.63) is 14.5 Å². The molecule has 1 heterocycles. The van der Waals surface area contributed by atoms with Gasteiger partial charge in [0.25, 0.3) is 0 Å². The molecule has 1 N–H and O–H groups in total. The molecule has 0 aliphatic carbocycles. The summed E-state index contributed by atoms with van der Waals surface area (Å²) >= 11 is 4.51. The van der Waals surface area contributed by atoms with E-state index in [1.165, 1.54) is 11.3 Å². The van der Waals surface area contributed by atoms with Crippen molar-refractivity contribution in [1.29, 1.82) is 0 Å². The van der Waals surface area contributed by atoms with E-state index >= 15 is 0 Å². The molecule has 0 bridgehead atoms. The number of esters is 1. The topological polar surface area (TPSA) is 68.3 Å². The van der Waals surface area contributed by atoms with Crippen LogP contribution in [0.2, 0.25) is 0 Å². The number of hydrogen-bond acceptors (Lipinski definition) is 5. The van der Waals surface area contributed by atoms with Crippen molar-refractivity contribution in [3.8, 4) is 0 Å².